The van der Waals surface area contributed by atoms with Crippen LogP contribution in [-0.2, 0) is 27.8 Å². The molecule has 0 saturated heterocycles. The summed E-state index contributed by atoms with van der Waals surface area (Å²) in [5.41, 5.74) is 3.47. The summed E-state index contributed by atoms with van der Waals surface area (Å²) in [6.07, 6.45) is 0.760. The van der Waals surface area contributed by atoms with E-state index in [0.717, 1.165) is 17.0 Å². The SMILES string of the molecule is CCN(CC)S(=O)(=O)c1ccc2c(c1)nc(CCC(=O)Nc1cccc(C(C)C)c1)n2CC. The monoisotopic (exact) mass is 470 g/mol. The molecule has 1 N–H and O–H groups in total. The van der Waals surface area contributed by atoms with Crippen molar-refractivity contribution in [3.8, 4) is 0 Å². The van der Waals surface area contributed by atoms with Crippen LogP contribution in [0.25, 0.3) is 11.0 Å². The third-order valence-electron chi connectivity index (χ3n) is 5.87. The first-order valence-electron chi connectivity index (χ1n) is 11.6. The second-order valence-electron chi connectivity index (χ2n) is 8.34. The highest BCUT2D eigenvalue weighted by Crippen LogP contribution is 2.24. The van der Waals surface area contributed by atoms with E-state index in [1.54, 1.807) is 12.1 Å². The average molecular weight is 471 g/mol. The molecule has 1 amide bonds. The summed E-state index contributed by atoms with van der Waals surface area (Å²) in [7, 11) is -3.55. The topological polar surface area (TPSA) is 84.3 Å². The van der Waals surface area contributed by atoms with Crippen molar-refractivity contribution in [1.29, 1.82) is 0 Å². The first-order chi connectivity index (χ1) is 15.7. The number of hydrogen-bond donors (Lipinski definition) is 1. The van der Waals surface area contributed by atoms with Gasteiger partial charge in [0.05, 0.1) is 15.9 Å². The Morgan fingerprint density at radius 1 is 1.09 bits per heavy atom. The van der Waals surface area contributed by atoms with Gasteiger partial charge in [-0.25, -0.2) is 13.4 Å². The molecule has 2 aromatic carbocycles. The number of hydrogen-bond acceptors (Lipinski definition) is 4. The number of sulfonamides is 1. The number of carbonyl (C=O) groups is 1. The third-order valence-corrected chi connectivity index (χ3v) is 7.92. The minimum absolute atomic E-state index is 0.0737. The van der Waals surface area contributed by atoms with Crippen molar-refractivity contribution in [2.75, 3.05) is 18.4 Å². The van der Waals surface area contributed by atoms with Crippen molar-refractivity contribution < 1.29 is 13.2 Å². The Kier molecular flexibility index (Phi) is 7.92. The standard InChI is InChI=1S/C25H34N4O3S/c1-6-28(7-2)33(31,32)21-12-13-23-22(17-21)27-24(29(23)8-3)14-15-25(30)26-20-11-9-10-19(16-20)18(4)5/h9-13,16-18H,6-8,14-15H2,1-5H3,(H,26,30). The molecule has 3 aromatic rings. The first kappa shape index (κ1) is 24.9. The molecule has 178 valence electrons. The van der Waals surface area contributed by atoms with E-state index in [0.29, 0.717) is 43.9 Å². The second kappa shape index (κ2) is 10.5. The number of nitrogens with zero attached hydrogens (tertiary/aromatic N) is 3. The van der Waals surface area contributed by atoms with Crippen LogP contribution in [0.3, 0.4) is 0 Å². The number of imidazole rings is 1. The van der Waals surface area contributed by atoms with Gasteiger partial charge in [-0.05, 0) is 48.7 Å². The summed E-state index contributed by atoms with van der Waals surface area (Å²) < 4.78 is 29.3. The number of amides is 1. The molecule has 0 aliphatic heterocycles. The Labute approximate surface area is 196 Å². The quantitative estimate of drug-likeness (QED) is 0.462. The van der Waals surface area contributed by atoms with Gasteiger partial charge in [-0.15, -0.1) is 0 Å². The Morgan fingerprint density at radius 2 is 1.82 bits per heavy atom. The highest BCUT2D eigenvalue weighted by atomic mass is 32.2. The van der Waals surface area contributed by atoms with Crippen LogP contribution in [0.15, 0.2) is 47.4 Å². The van der Waals surface area contributed by atoms with Crippen LogP contribution in [0.1, 0.15) is 58.3 Å². The number of aromatic nitrogens is 2. The zero-order chi connectivity index (χ0) is 24.2. The molecule has 0 aliphatic rings. The lowest BCUT2D eigenvalue weighted by atomic mass is 10.0. The predicted molar refractivity (Wildman–Crippen MR) is 133 cm³/mol. The van der Waals surface area contributed by atoms with E-state index in [9.17, 15) is 13.2 Å². The lowest BCUT2D eigenvalue weighted by molar-refractivity contribution is -0.116. The number of rotatable bonds is 10. The fourth-order valence-electron chi connectivity index (χ4n) is 4.00. The lowest BCUT2D eigenvalue weighted by Crippen LogP contribution is -2.30. The Balaban J connectivity index is 1.79. The lowest BCUT2D eigenvalue weighted by Gasteiger charge is -2.18. The van der Waals surface area contributed by atoms with Gasteiger partial charge in [0.15, 0.2) is 0 Å². The normalized spacial score (nSPS) is 12.1. The summed E-state index contributed by atoms with van der Waals surface area (Å²) in [6, 6.07) is 13.0. The van der Waals surface area contributed by atoms with Gasteiger partial charge in [0, 0.05) is 38.2 Å². The smallest absolute Gasteiger partial charge is 0.243 e. The number of carbonyl (C=O) groups excluding carboxylic acids is 1. The van der Waals surface area contributed by atoms with Crippen molar-refractivity contribution >= 4 is 32.7 Å². The maximum atomic E-state index is 12.9. The van der Waals surface area contributed by atoms with E-state index in [2.05, 4.69) is 30.2 Å². The highest BCUT2D eigenvalue weighted by Gasteiger charge is 2.23. The zero-order valence-electron chi connectivity index (χ0n) is 20.1. The molecule has 0 spiro atoms. The van der Waals surface area contributed by atoms with Crippen LogP contribution >= 0.6 is 0 Å². The molecule has 0 bridgehead atoms. The summed E-state index contributed by atoms with van der Waals surface area (Å²) in [6.45, 7) is 11.4. The molecular formula is C25H34N4O3S. The molecule has 3 rings (SSSR count). The maximum absolute atomic E-state index is 12.9. The Bertz CT molecular complexity index is 1230. The zero-order valence-corrected chi connectivity index (χ0v) is 20.9. The molecular weight excluding hydrogens is 436 g/mol. The molecule has 0 saturated carbocycles. The molecule has 1 aromatic heterocycles. The highest BCUT2D eigenvalue weighted by molar-refractivity contribution is 7.89. The largest absolute Gasteiger partial charge is 0.328 e. The van der Waals surface area contributed by atoms with Crippen molar-refractivity contribution in [3.05, 3.63) is 53.9 Å². The van der Waals surface area contributed by atoms with Crippen LogP contribution < -0.4 is 5.32 Å². The number of fused-ring (bicyclic) bond motifs is 1. The van der Waals surface area contributed by atoms with Crippen molar-refractivity contribution in [2.45, 2.75) is 64.8 Å². The average Bonchev–Trinajstić information content (AvgIpc) is 3.15. The molecule has 8 heteroatoms. The number of benzene rings is 2. The number of aryl methyl sites for hydroxylation is 2. The van der Waals surface area contributed by atoms with Gasteiger partial charge in [0.2, 0.25) is 15.9 Å². The summed E-state index contributed by atoms with van der Waals surface area (Å²) in [5, 5.41) is 2.97. The van der Waals surface area contributed by atoms with Crippen LogP contribution in [0.2, 0.25) is 0 Å². The van der Waals surface area contributed by atoms with Crippen LogP contribution in [0, 0.1) is 0 Å². The predicted octanol–water partition coefficient (Wildman–Crippen LogP) is 4.78. The summed E-state index contributed by atoms with van der Waals surface area (Å²) in [5.74, 6) is 1.09. The Morgan fingerprint density at radius 3 is 2.45 bits per heavy atom. The Hall–Kier alpha value is -2.71. The van der Waals surface area contributed by atoms with E-state index in [-0.39, 0.29) is 10.8 Å². The van der Waals surface area contributed by atoms with E-state index in [4.69, 9.17) is 0 Å². The molecule has 33 heavy (non-hydrogen) atoms. The van der Waals surface area contributed by atoms with Gasteiger partial charge < -0.3 is 9.88 Å². The van der Waals surface area contributed by atoms with Crippen LogP contribution in [0.4, 0.5) is 5.69 Å². The molecule has 0 atom stereocenters. The van der Waals surface area contributed by atoms with Gasteiger partial charge in [-0.2, -0.15) is 4.31 Å². The van der Waals surface area contributed by atoms with Gasteiger partial charge in [-0.3, -0.25) is 4.79 Å². The van der Waals surface area contributed by atoms with E-state index in [1.807, 2.05) is 49.6 Å². The first-order valence-corrected chi connectivity index (χ1v) is 13.0. The minimum atomic E-state index is -3.55. The fraction of sp³-hybridized carbons (Fsp3) is 0.440. The van der Waals surface area contributed by atoms with E-state index >= 15 is 0 Å². The van der Waals surface area contributed by atoms with Crippen LogP contribution in [0.5, 0.6) is 0 Å². The van der Waals surface area contributed by atoms with E-state index < -0.39 is 10.0 Å². The molecule has 1 heterocycles. The number of nitrogens with one attached hydrogen (secondary N) is 1. The van der Waals surface area contributed by atoms with Gasteiger partial charge in [0.25, 0.3) is 0 Å². The summed E-state index contributed by atoms with van der Waals surface area (Å²) >= 11 is 0. The van der Waals surface area contributed by atoms with Gasteiger partial charge in [-0.1, -0.05) is 39.8 Å². The molecule has 7 nitrogen and oxygen atoms in total. The van der Waals surface area contributed by atoms with Crippen molar-refractivity contribution in [2.24, 2.45) is 0 Å². The van der Waals surface area contributed by atoms with Crippen LogP contribution in [-0.4, -0.2) is 41.3 Å². The van der Waals surface area contributed by atoms with Gasteiger partial charge >= 0.3 is 0 Å². The fourth-order valence-corrected chi connectivity index (χ4v) is 5.48. The van der Waals surface area contributed by atoms with Gasteiger partial charge in [0.1, 0.15) is 5.82 Å². The molecule has 0 unspecified atom stereocenters. The number of anilines is 1. The second-order valence-corrected chi connectivity index (χ2v) is 10.3. The van der Waals surface area contributed by atoms with E-state index in [1.165, 1.54) is 9.87 Å². The molecule has 0 radical (unpaired) electrons. The minimum Gasteiger partial charge on any atom is -0.328 e. The van der Waals surface area contributed by atoms with Crippen molar-refractivity contribution in [3.63, 3.8) is 0 Å². The summed E-state index contributed by atoms with van der Waals surface area (Å²) in [4.78, 5) is 17.5. The van der Waals surface area contributed by atoms with Crippen molar-refractivity contribution in [1.82, 2.24) is 13.9 Å². The maximum Gasteiger partial charge on any atom is 0.243 e. The molecule has 0 aliphatic carbocycles. The molecule has 0 fully saturated rings. The third kappa shape index (κ3) is 5.45.